The van der Waals surface area contributed by atoms with Gasteiger partial charge in [0.25, 0.3) is 0 Å². The van der Waals surface area contributed by atoms with Crippen LogP contribution in [0.4, 0.5) is 10.2 Å². The Morgan fingerprint density at radius 3 is 2.55 bits per heavy atom. The molecule has 6 heteroatoms. The van der Waals surface area contributed by atoms with Crippen molar-refractivity contribution in [3.05, 3.63) is 53.0 Å². The van der Waals surface area contributed by atoms with Crippen molar-refractivity contribution in [1.82, 2.24) is 10.1 Å². The van der Waals surface area contributed by atoms with Crippen LogP contribution in [0, 0.1) is 5.82 Å². The molecule has 0 saturated heterocycles. The Balaban J connectivity index is 2.17. The fourth-order valence-corrected chi connectivity index (χ4v) is 2.20. The van der Waals surface area contributed by atoms with Gasteiger partial charge in [0.15, 0.2) is 11.6 Å². The van der Waals surface area contributed by atoms with Gasteiger partial charge in [-0.25, -0.2) is 4.39 Å². The maximum Gasteiger partial charge on any atom is 0.178 e. The summed E-state index contributed by atoms with van der Waals surface area (Å²) >= 11 is 3.37. The SMILES string of the molecule is Nc1noc(-c2cncc(F)c2)c1-c1ccc(Br)cc1. The first kappa shape index (κ1) is 12.8. The number of rotatable bonds is 2. The molecule has 0 spiro atoms. The van der Waals surface area contributed by atoms with Gasteiger partial charge in [-0.05, 0) is 23.8 Å². The molecule has 2 aromatic heterocycles. The van der Waals surface area contributed by atoms with Crippen molar-refractivity contribution in [2.75, 3.05) is 5.73 Å². The lowest BCUT2D eigenvalue weighted by molar-refractivity contribution is 0.435. The predicted octanol–water partition coefficient (Wildman–Crippen LogP) is 3.89. The van der Waals surface area contributed by atoms with Crippen LogP contribution in [0.2, 0.25) is 0 Å². The summed E-state index contributed by atoms with van der Waals surface area (Å²) in [5, 5.41) is 3.76. The number of nitrogens with two attached hydrogens (primary N) is 1. The molecule has 2 N–H and O–H groups in total. The van der Waals surface area contributed by atoms with E-state index in [1.165, 1.54) is 12.3 Å². The zero-order chi connectivity index (χ0) is 14.1. The van der Waals surface area contributed by atoms with Crippen LogP contribution >= 0.6 is 15.9 Å². The molecular formula is C14H9BrFN3O. The van der Waals surface area contributed by atoms with E-state index in [9.17, 15) is 4.39 Å². The van der Waals surface area contributed by atoms with Crippen molar-refractivity contribution in [1.29, 1.82) is 0 Å². The highest BCUT2D eigenvalue weighted by Gasteiger charge is 2.18. The quantitative estimate of drug-likeness (QED) is 0.772. The second-order valence-corrected chi connectivity index (χ2v) is 5.09. The molecule has 3 aromatic rings. The maximum absolute atomic E-state index is 13.3. The number of pyridine rings is 1. The molecule has 4 nitrogen and oxygen atoms in total. The highest BCUT2D eigenvalue weighted by Crippen LogP contribution is 2.36. The fraction of sp³-hybridized carbons (Fsp3) is 0. The molecule has 3 rings (SSSR count). The Morgan fingerprint density at radius 2 is 1.85 bits per heavy atom. The molecule has 0 saturated carbocycles. The molecule has 0 aliphatic heterocycles. The maximum atomic E-state index is 13.3. The van der Waals surface area contributed by atoms with E-state index in [1.54, 1.807) is 0 Å². The van der Waals surface area contributed by atoms with Crippen molar-refractivity contribution < 1.29 is 8.91 Å². The first-order valence-electron chi connectivity index (χ1n) is 5.77. The minimum absolute atomic E-state index is 0.256. The first-order valence-corrected chi connectivity index (χ1v) is 6.56. The Bertz CT molecular complexity index is 755. The smallest absolute Gasteiger partial charge is 0.178 e. The lowest BCUT2D eigenvalue weighted by Gasteiger charge is -2.03. The summed E-state index contributed by atoms with van der Waals surface area (Å²) in [5.41, 5.74) is 7.82. The Morgan fingerprint density at radius 1 is 1.10 bits per heavy atom. The average Bonchev–Trinajstić information content (AvgIpc) is 2.82. The van der Waals surface area contributed by atoms with E-state index >= 15 is 0 Å². The van der Waals surface area contributed by atoms with Crippen molar-refractivity contribution in [2.45, 2.75) is 0 Å². The number of nitrogens with zero attached hydrogens (tertiary/aromatic N) is 2. The summed E-state index contributed by atoms with van der Waals surface area (Å²) in [6.45, 7) is 0. The minimum atomic E-state index is -0.445. The van der Waals surface area contributed by atoms with Gasteiger partial charge >= 0.3 is 0 Å². The molecule has 0 aliphatic rings. The molecule has 100 valence electrons. The van der Waals surface area contributed by atoms with E-state index in [2.05, 4.69) is 26.1 Å². The molecule has 0 bridgehead atoms. The summed E-state index contributed by atoms with van der Waals surface area (Å²) in [6, 6.07) is 8.85. The van der Waals surface area contributed by atoms with Gasteiger partial charge in [0.05, 0.1) is 11.8 Å². The van der Waals surface area contributed by atoms with Crippen LogP contribution in [0.15, 0.2) is 51.7 Å². The highest BCUT2D eigenvalue weighted by molar-refractivity contribution is 9.10. The minimum Gasteiger partial charge on any atom is -0.380 e. The zero-order valence-electron chi connectivity index (χ0n) is 10.2. The number of aromatic nitrogens is 2. The molecule has 0 amide bonds. The largest absolute Gasteiger partial charge is 0.380 e. The normalized spacial score (nSPS) is 10.7. The van der Waals surface area contributed by atoms with Crippen molar-refractivity contribution in [3.63, 3.8) is 0 Å². The van der Waals surface area contributed by atoms with Gasteiger partial charge in [-0.3, -0.25) is 4.98 Å². The summed E-state index contributed by atoms with van der Waals surface area (Å²) in [5.74, 6) is 0.211. The average molecular weight is 334 g/mol. The second-order valence-electron chi connectivity index (χ2n) is 4.17. The van der Waals surface area contributed by atoms with Crippen molar-refractivity contribution in [3.8, 4) is 22.5 Å². The number of halogens is 2. The van der Waals surface area contributed by atoms with Crippen LogP contribution in [0.5, 0.6) is 0 Å². The molecule has 2 heterocycles. The zero-order valence-corrected chi connectivity index (χ0v) is 11.8. The van der Waals surface area contributed by atoms with Gasteiger partial charge in [0.1, 0.15) is 5.82 Å². The Hall–Kier alpha value is -2.21. The van der Waals surface area contributed by atoms with Gasteiger partial charge in [-0.1, -0.05) is 33.2 Å². The third-order valence-electron chi connectivity index (χ3n) is 2.82. The third kappa shape index (κ3) is 2.30. The summed E-state index contributed by atoms with van der Waals surface area (Å²) in [6.07, 6.45) is 2.63. The molecule has 20 heavy (non-hydrogen) atoms. The van der Waals surface area contributed by atoms with Crippen LogP contribution in [-0.2, 0) is 0 Å². The van der Waals surface area contributed by atoms with Gasteiger partial charge in [-0.15, -0.1) is 0 Å². The van der Waals surface area contributed by atoms with E-state index in [1.807, 2.05) is 24.3 Å². The van der Waals surface area contributed by atoms with E-state index in [4.69, 9.17) is 10.3 Å². The molecule has 0 unspecified atom stereocenters. The van der Waals surface area contributed by atoms with Gasteiger partial charge < -0.3 is 10.3 Å². The monoisotopic (exact) mass is 333 g/mol. The molecule has 0 fully saturated rings. The number of hydrogen-bond donors (Lipinski definition) is 1. The first-order chi connectivity index (χ1) is 9.65. The molecular weight excluding hydrogens is 325 g/mol. The van der Waals surface area contributed by atoms with Gasteiger partial charge in [0, 0.05) is 16.2 Å². The van der Waals surface area contributed by atoms with Gasteiger partial charge in [-0.2, -0.15) is 0 Å². The van der Waals surface area contributed by atoms with E-state index < -0.39 is 5.82 Å². The van der Waals surface area contributed by atoms with Crippen LogP contribution in [0.25, 0.3) is 22.5 Å². The number of benzene rings is 1. The van der Waals surface area contributed by atoms with Crippen molar-refractivity contribution in [2.24, 2.45) is 0 Å². The fourth-order valence-electron chi connectivity index (χ4n) is 1.93. The summed E-state index contributed by atoms with van der Waals surface area (Å²) in [7, 11) is 0. The predicted molar refractivity (Wildman–Crippen MR) is 77.2 cm³/mol. The lowest BCUT2D eigenvalue weighted by atomic mass is 10.0. The van der Waals surface area contributed by atoms with Crippen molar-refractivity contribution >= 4 is 21.7 Å². The molecule has 0 atom stereocenters. The van der Waals surface area contributed by atoms with Gasteiger partial charge in [0.2, 0.25) is 0 Å². The Kier molecular flexibility index (Phi) is 3.23. The van der Waals surface area contributed by atoms with E-state index in [-0.39, 0.29) is 5.82 Å². The second kappa shape index (κ2) is 5.05. The molecule has 0 aliphatic carbocycles. The molecule has 1 aromatic carbocycles. The van der Waals surface area contributed by atoms with Crippen LogP contribution < -0.4 is 5.73 Å². The Labute approximate surface area is 122 Å². The number of hydrogen-bond acceptors (Lipinski definition) is 4. The highest BCUT2D eigenvalue weighted by atomic mass is 79.9. The number of nitrogen functional groups attached to an aromatic ring is 1. The van der Waals surface area contributed by atoms with Crippen LogP contribution in [0.3, 0.4) is 0 Å². The topological polar surface area (TPSA) is 64.9 Å². The summed E-state index contributed by atoms with van der Waals surface area (Å²) in [4.78, 5) is 3.81. The number of anilines is 1. The standard InChI is InChI=1S/C14H9BrFN3O/c15-10-3-1-8(2-4-10)12-13(20-19-14(12)17)9-5-11(16)7-18-6-9/h1-7H,(H2,17,19). The van der Waals surface area contributed by atoms with E-state index in [0.29, 0.717) is 16.9 Å². The molecule has 0 radical (unpaired) electrons. The summed E-state index contributed by atoms with van der Waals surface area (Å²) < 4.78 is 19.5. The third-order valence-corrected chi connectivity index (χ3v) is 3.35. The van der Waals surface area contributed by atoms with E-state index in [0.717, 1.165) is 16.2 Å². The van der Waals surface area contributed by atoms with Crippen LogP contribution in [0.1, 0.15) is 0 Å². The van der Waals surface area contributed by atoms with Crippen LogP contribution in [-0.4, -0.2) is 10.1 Å². The lowest BCUT2D eigenvalue weighted by Crippen LogP contribution is -1.89.